The van der Waals surface area contributed by atoms with Gasteiger partial charge in [-0.2, -0.15) is 0 Å². The van der Waals surface area contributed by atoms with E-state index in [9.17, 15) is 34.7 Å². The van der Waals surface area contributed by atoms with Crippen molar-refractivity contribution in [3.05, 3.63) is 111 Å². The summed E-state index contributed by atoms with van der Waals surface area (Å²) in [5, 5.41) is 35.7. The highest BCUT2D eigenvalue weighted by molar-refractivity contribution is 6.51. The second-order valence-electron chi connectivity index (χ2n) is 7.20. The first-order valence-corrected chi connectivity index (χ1v) is 9.70. The minimum Gasteiger partial charge on any atom is -0.872 e. The van der Waals surface area contributed by atoms with Gasteiger partial charge in [0.1, 0.15) is 0 Å². The predicted molar refractivity (Wildman–Crippen MR) is 112 cm³/mol. The average molecular weight is 442 g/mol. The SMILES string of the molecule is O=C1C(=O)N(c2ccc(C(=O)[O-])cc2)C(c2cccc([N+](=O)[O-])c2)C1=C([O-])c1ccccc1. The maximum absolute atomic E-state index is 13.3. The van der Waals surface area contributed by atoms with Gasteiger partial charge in [-0.1, -0.05) is 60.4 Å². The fourth-order valence-corrected chi connectivity index (χ4v) is 3.72. The van der Waals surface area contributed by atoms with Crippen LogP contribution in [-0.4, -0.2) is 22.6 Å². The van der Waals surface area contributed by atoms with Crippen LogP contribution >= 0.6 is 0 Å². The molecule has 1 fully saturated rings. The van der Waals surface area contributed by atoms with Crippen LogP contribution in [0.15, 0.2) is 84.4 Å². The van der Waals surface area contributed by atoms with Gasteiger partial charge in [0.15, 0.2) is 0 Å². The Morgan fingerprint density at radius 2 is 1.52 bits per heavy atom. The number of ketones is 1. The topological polar surface area (TPSA) is 144 Å². The van der Waals surface area contributed by atoms with Crippen molar-refractivity contribution in [3.8, 4) is 0 Å². The zero-order chi connectivity index (χ0) is 23.7. The maximum Gasteiger partial charge on any atom is 0.299 e. The first-order chi connectivity index (χ1) is 15.8. The number of nitro benzene ring substituents is 1. The lowest BCUT2D eigenvalue weighted by molar-refractivity contribution is -0.384. The van der Waals surface area contributed by atoms with Gasteiger partial charge in [-0.05, 0) is 28.8 Å². The lowest BCUT2D eigenvalue weighted by Gasteiger charge is -2.27. The summed E-state index contributed by atoms with van der Waals surface area (Å²) >= 11 is 0. The Bertz CT molecular complexity index is 1310. The minimum absolute atomic E-state index is 0.144. The molecule has 3 aromatic carbocycles. The van der Waals surface area contributed by atoms with Crippen LogP contribution in [0.1, 0.15) is 27.5 Å². The number of nitro groups is 1. The summed E-state index contributed by atoms with van der Waals surface area (Å²) in [4.78, 5) is 48.8. The average Bonchev–Trinajstić information content (AvgIpc) is 3.09. The normalized spacial score (nSPS) is 17.2. The highest BCUT2D eigenvalue weighted by Gasteiger charge is 2.45. The van der Waals surface area contributed by atoms with Crippen LogP contribution in [0.5, 0.6) is 0 Å². The minimum atomic E-state index is -1.42. The Hall–Kier alpha value is -4.79. The number of carbonyl (C=O) groups excluding carboxylic acids is 3. The van der Waals surface area contributed by atoms with Gasteiger partial charge >= 0.3 is 0 Å². The highest BCUT2D eigenvalue weighted by Crippen LogP contribution is 2.42. The number of hydrogen-bond acceptors (Lipinski definition) is 7. The molecular weight excluding hydrogens is 428 g/mol. The molecule has 1 aliphatic rings. The summed E-state index contributed by atoms with van der Waals surface area (Å²) in [6.45, 7) is 0. The molecule has 0 spiro atoms. The number of benzene rings is 3. The second kappa shape index (κ2) is 8.39. The number of Topliss-reactive ketones (excluding diaryl/α,β-unsaturated/α-hetero) is 1. The van der Waals surface area contributed by atoms with E-state index in [1.54, 1.807) is 18.2 Å². The summed E-state index contributed by atoms with van der Waals surface area (Å²) in [5.74, 6) is -4.15. The van der Waals surface area contributed by atoms with Crippen molar-refractivity contribution < 1.29 is 29.5 Å². The number of rotatable bonds is 5. The quantitative estimate of drug-likeness (QED) is 0.191. The molecule has 1 heterocycles. The molecule has 0 aromatic heterocycles. The van der Waals surface area contributed by atoms with E-state index in [0.29, 0.717) is 0 Å². The molecule has 1 amide bonds. The molecule has 164 valence electrons. The lowest BCUT2D eigenvalue weighted by atomic mass is 9.94. The monoisotopic (exact) mass is 442 g/mol. The van der Waals surface area contributed by atoms with Crippen LogP contribution in [0.2, 0.25) is 0 Å². The molecule has 1 atom stereocenters. The van der Waals surface area contributed by atoms with Crippen LogP contribution < -0.4 is 15.1 Å². The van der Waals surface area contributed by atoms with Crippen LogP contribution in [-0.2, 0) is 9.59 Å². The molecule has 1 saturated heterocycles. The van der Waals surface area contributed by atoms with E-state index in [-0.39, 0.29) is 33.6 Å². The number of hydrogen-bond donors (Lipinski definition) is 0. The smallest absolute Gasteiger partial charge is 0.299 e. The van der Waals surface area contributed by atoms with Crippen LogP contribution in [0.25, 0.3) is 5.76 Å². The fraction of sp³-hybridized carbons (Fsp3) is 0.0417. The Morgan fingerprint density at radius 1 is 0.848 bits per heavy atom. The predicted octanol–water partition coefficient (Wildman–Crippen LogP) is 1.39. The molecular formula is C24H14N2O7-2. The molecule has 0 N–H and O–H groups in total. The summed E-state index contributed by atoms with van der Waals surface area (Å²) in [7, 11) is 0. The van der Waals surface area contributed by atoms with Crippen molar-refractivity contribution in [2.45, 2.75) is 6.04 Å². The fourth-order valence-electron chi connectivity index (χ4n) is 3.72. The van der Waals surface area contributed by atoms with Crippen molar-refractivity contribution in [3.63, 3.8) is 0 Å². The third kappa shape index (κ3) is 3.83. The first-order valence-electron chi connectivity index (χ1n) is 9.70. The van der Waals surface area contributed by atoms with Crippen molar-refractivity contribution in [1.29, 1.82) is 0 Å². The molecule has 0 aliphatic carbocycles. The van der Waals surface area contributed by atoms with Crippen molar-refractivity contribution in [1.82, 2.24) is 0 Å². The van der Waals surface area contributed by atoms with E-state index < -0.39 is 34.4 Å². The van der Waals surface area contributed by atoms with Gasteiger partial charge in [0.2, 0.25) is 5.78 Å². The van der Waals surface area contributed by atoms with Gasteiger partial charge in [-0.25, -0.2) is 0 Å². The number of carbonyl (C=O) groups is 3. The van der Waals surface area contributed by atoms with Gasteiger partial charge in [0.25, 0.3) is 11.6 Å². The van der Waals surface area contributed by atoms with E-state index >= 15 is 0 Å². The number of aromatic carboxylic acids is 1. The van der Waals surface area contributed by atoms with Crippen molar-refractivity contribution in [2.24, 2.45) is 0 Å². The standard InChI is InChI=1S/C24H16N2O7/c27-21(14-5-2-1-3-6-14)19-20(16-7-4-8-18(13-16)26(32)33)25(23(29)22(19)28)17-11-9-15(10-12-17)24(30)31/h1-13,20,27H,(H,30,31)/p-2. The Labute approximate surface area is 187 Å². The van der Waals surface area contributed by atoms with Crippen LogP contribution in [0, 0.1) is 10.1 Å². The van der Waals surface area contributed by atoms with Gasteiger partial charge in [-0.3, -0.25) is 24.6 Å². The third-order valence-electron chi connectivity index (χ3n) is 5.25. The molecule has 1 aliphatic heterocycles. The molecule has 1 unspecified atom stereocenters. The molecule has 9 nitrogen and oxygen atoms in total. The van der Waals surface area contributed by atoms with E-state index in [1.165, 1.54) is 60.7 Å². The van der Waals surface area contributed by atoms with E-state index in [1.807, 2.05) is 0 Å². The largest absolute Gasteiger partial charge is 0.872 e. The van der Waals surface area contributed by atoms with Gasteiger partial charge < -0.3 is 15.0 Å². The van der Waals surface area contributed by atoms with E-state index in [4.69, 9.17) is 0 Å². The maximum atomic E-state index is 13.3. The molecule has 3 aromatic rings. The van der Waals surface area contributed by atoms with Gasteiger partial charge in [-0.15, -0.1) is 0 Å². The summed E-state index contributed by atoms with van der Waals surface area (Å²) < 4.78 is 0. The summed E-state index contributed by atoms with van der Waals surface area (Å²) in [6.07, 6.45) is 0. The summed E-state index contributed by atoms with van der Waals surface area (Å²) in [5.41, 5.74) is -0.266. The number of amides is 1. The lowest BCUT2D eigenvalue weighted by Crippen LogP contribution is -2.29. The van der Waals surface area contributed by atoms with E-state index in [0.717, 1.165) is 4.90 Å². The van der Waals surface area contributed by atoms with Crippen molar-refractivity contribution in [2.75, 3.05) is 4.90 Å². The Kier molecular flexibility index (Phi) is 5.45. The number of carboxylic acid groups (broad SMARTS) is 1. The van der Waals surface area contributed by atoms with Crippen LogP contribution in [0.4, 0.5) is 11.4 Å². The number of nitrogens with zero attached hydrogens (tertiary/aromatic N) is 2. The Morgan fingerprint density at radius 3 is 2.12 bits per heavy atom. The molecule has 0 radical (unpaired) electrons. The third-order valence-corrected chi connectivity index (χ3v) is 5.25. The molecule has 9 heteroatoms. The molecule has 33 heavy (non-hydrogen) atoms. The van der Waals surface area contributed by atoms with E-state index in [2.05, 4.69) is 0 Å². The Balaban J connectivity index is 1.94. The summed E-state index contributed by atoms with van der Waals surface area (Å²) in [6, 6.07) is 17.0. The van der Waals surface area contributed by atoms with Crippen LogP contribution in [0.3, 0.4) is 0 Å². The first kappa shape index (κ1) is 21.4. The zero-order valence-corrected chi connectivity index (χ0v) is 16.8. The van der Waals surface area contributed by atoms with Crippen molar-refractivity contribution >= 4 is 34.8 Å². The van der Waals surface area contributed by atoms with Gasteiger partial charge in [0, 0.05) is 23.4 Å². The number of anilines is 1. The molecule has 4 rings (SSSR count). The second-order valence-corrected chi connectivity index (χ2v) is 7.20. The van der Waals surface area contributed by atoms with Gasteiger partial charge in [0.05, 0.1) is 16.9 Å². The molecule has 0 bridgehead atoms. The number of non-ortho nitro benzene ring substituents is 1. The highest BCUT2D eigenvalue weighted by atomic mass is 16.6. The number of carboxylic acids is 1. The molecule has 0 saturated carbocycles. The zero-order valence-electron chi connectivity index (χ0n) is 16.8.